The van der Waals surface area contributed by atoms with Gasteiger partial charge < -0.3 is 14.8 Å². The number of hydrogen-bond donors (Lipinski definition) is 1. The molecular formula is C17H18ClNO3. The van der Waals surface area contributed by atoms with Gasteiger partial charge in [0.25, 0.3) is 5.91 Å². The average molecular weight is 320 g/mol. The van der Waals surface area contributed by atoms with E-state index in [9.17, 15) is 4.79 Å². The fourth-order valence-electron chi connectivity index (χ4n) is 1.95. The second-order valence-corrected chi connectivity index (χ2v) is 5.35. The molecule has 1 N–H and O–H groups in total. The van der Waals surface area contributed by atoms with Gasteiger partial charge in [0.2, 0.25) is 0 Å². The lowest BCUT2D eigenvalue weighted by atomic mass is 10.2. The van der Waals surface area contributed by atoms with Crippen LogP contribution < -0.4 is 14.8 Å². The summed E-state index contributed by atoms with van der Waals surface area (Å²) in [5.74, 6) is 0.893. The van der Waals surface area contributed by atoms with Gasteiger partial charge in [0.15, 0.2) is 6.10 Å². The number of nitrogens with one attached hydrogen (secondary N) is 1. The van der Waals surface area contributed by atoms with Gasteiger partial charge in [0.1, 0.15) is 11.5 Å². The van der Waals surface area contributed by atoms with Gasteiger partial charge in [-0.15, -0.1) is 0 Å². The van der Waals surface area contributed by atoms with E-state index in [1.807, 2.05) is 25.1 Å². The Bertz CT molecular complexity index is 673. The van der Waals surface area contributed by atoms with Crippen LogP contribution >= 0.6 is 11.6 Å². The third-order valence-corrected chi connectivity index (χ3v) is 3.33. The molecule has 0 bridgehead atoms. The molecule has 0 aliphatic rings. The summed E-state index contributed by atoms with van der Waals surface area (Å²) in [5, 5.41) is 3.38. The van der Waals surface area contributed by atoms with Gasteiger partial charge in [-0.25, -0.2) is 0 Å². The Balaban J connectivity index is 2.07. The normalized spacial score (nSPS) is 11.6. The average Bonchev–Trinajstić information content (AvgIpc) is 2.47. The maximum atomic E-state index is 12.3. The number of methoxy groups -OCH3 is 1. The van der Waals surface area contributed by atoms with Crippen LogP contribution in [0.2, 0.25) is 5.02 Å². The molecule has 0 fully saturated rings. The number of amides is 1. The molecule has 0 spiro atoms. The molecule has 4 nitrogen and oxygen atoms in total. The van der Waals surface area contributed by atoms with Crippen molar-refractivity contribution in [1.29, 1.82) is 0 Å². The Hall–Kier alpha value is -2.20. The van der Waals surface area contributed by atoms with E-state index in [1.165, 1.54) is 0 Å². The lowest BCUT2D eigenvalue weighted by Crippen LogP contribution is -2.30. The van der Waals surface area contributed by atoms with Crippen molar-refractivity contribution in [3.63, 3.8) is 0 Å². The number of halogens is 1. The predicted molar refractivity (Wildman–Crippen MR) is 87.9 cm³/mol. The van der Waals surface area contributed by atoms with E-state index in [-0.39, 0.29) is 5.91 Å². The zero-order valence-corrected chi connectivity index (χ0v) is 13.5. The summed E-state index contributed by atoms with van der Waals surface area (Å²) in [5.41, 5.74) is 1.65. The number of hydrogen-bond acceptors (Lipinski definition) is 3. The Morgan fingerprint density at radius 2 is 2.00 bits per heavy atom. The highest BCUT2D eigenvalue weighted by atomic mass is 35.5. The first kappa shape index (κ1) is 16.2. The van der Waals surface area contributed by atoms with Crippen LogP contribution in [0.1, 0.15) is 12.5 Å². The van der Waals surface area contributed by atoms with Crippen LogP contribution in [0.15, 0.2) is 42.5 Å². The van der Waals surface area contributed by atoms with Gasteiger partial charge >= 0.3 is 0 Å². The van der Waals surface area contributed by atoms with Crippen molar-refractivity contribution < 1.29 is 14.3 Å². The Morgan fingerprint density at radius 3 is 2.68 bits per heavy atom. The molecule has 1 atom stereocenters. The van der Waals surface area contributed by atoms with E-state index in [0.29, 0.717) is 22.2 Å². The molecule has 0 saturated carbocycles. The third-order valence-electron chi connectivity index (χ3n) is 3.09. The molecule has 0 aliphatic carbocycles. The quantitative estimate of drug-likeness (QED) is 0.904. The number of aryl methyl sites for hydroxylation is 1. The Kier molecular flexibility index (Phi) is 5.28. The monoisotopic (exact) mass is 319 g/mol. The molecule has 2 aromatic rings. The first-order valence-corrected chi connectivity index (χ1v) is 7.25. The van der Waals surface area contributed by atoms with E-state index < -0.39 is 6.10 Å². The van der Waals surface area contributed by atoms with Gasteiger partial charge in [0.05, 0.1) is 12.8 Å². The summed E-state index contributed by atoms with van der Waals surface area (Å²) in [6.45, 7) is 3.62. The molecule has 2 rings (SSSR count). The molecule has 22 heavy (non-hydrogen) atoms. The second kappa shape index (κ2) is 7.18. The SMILES string of the molecule is COc1ccc(C)cc1NC(=O)[C@@H](C)Oc1cccc(Cl)c1. The van der Waals surface area contributed by atoms with Gasteiger partial charge in [-0.1, -0.05) is 23.7 Å². The smallest absolute Gasteiger partial charge is 0.265 e. The summed E-state index contributed by atoms with van der Waals surface area (Å²) < 4.78 is 10.8. The molecule has 1 amide bonds. The van der Waals surface area contributed by atoms with Crippen LogP contribution in [0.4, 0.5) is 5.69 Å². The van der Waals surface area contributed by atoms with Crippen LogP contribution in [0.5, 0.6) is 11.5 Å². The molecule has 5 heteroatoms. The molecular weight excluding hydrogens is 302 g/mol. The zero-order chi connectivity index (χ0) is 16.1. The number of anilines is 1. The van der Waals surface area contributed by atoms with Crippen LogP contribution in [0.25, 0.3) is 0 Å². The van der Waals surface area contributed by atoms with Crippen molar-refractivity contribution >= 4 is 23.2 Å². The third kappa shape index (κ3) is 4.15. The van der Waals surface area contributed by atoms with Crippen molar-refractivity contribution in [2.75, 3.05) is 12.4 Å². The van der Waals surface area contributed by atoms with Crippen molar-refractivity contribution in [2.45, 2.75) is 20.0 Å². The molecule has 0 aliphatic heterocycles. The first-order chi connectivity index (χ1) is 10.5. The maximum absolute atomic E-state index is 12.3. The maximum Gasteiger partial charge on any atom is 0.265 e. The summed E-state index contributed by atoms with van der Waals surface area (Å²) in [7, 11) is 1.56. The lowest BCUT2D eigenvalue weighted by molar-refractivity contribution is -0.122. The summed E-state index contributed by atoms with van der Waals surface area (Å²) in [6.07, 6.45) is -0.663. The fourth-order valence-corrected chi connectivity index (χ4v) is 2.13. The topological polar surface area (TPSA) is 47.6 Å². The van der Waals surface area contributed by atoms with Gasteiger partial charge in [-0.3, -0.25) is 4.79 Å². The standard InChI is InChI=1S/C17H18ClNO3/c1-11-7-8-16(21-3)15(9-11)19-17(20)12(2)22-14-6-4-5-13(18)10-14/h4-10,12H,1-3H3,(H,19,20)/t12-/m1/s1. The van der Waals surface area contributed by atoms with Crippen molar-refractivity contribution in [3.05, 3.63) is 53.1 Å². The van der Waals surface area contributed by atoms with Gasteiger partial charge in [-0.2, -0.15) is 0 Å². The number of ether oxygens (including phenoxy) is 2. The first-order valence-electron chi connectivity index (χ1n) is 6.87. The minimum Gasteiger partial charge on any atom is -0.495 e. The van der Waals surface area contributed by atoms with Crippen molar-refractivity contribution in [1.82, 2.24) is 0 Å². The highest BCUT2D eigenvalue weighted by Crippen LogP contribution is 2.25. The van der Waals surface area contributed by atoms with Gasteiger partial charge in [-0.05, 0) is 49.7 Å². The Labute approximate surface area is 135 Å². The number of rotatable bonds is 5. The number of carbonyl (C=O) groups is 1. The molecule has 0 unspecified atom stereocenters. The minimum absolute atomic E-state index is 0.260. The summed E-state index contributed by atoms with van der Waals surface area (Å²) in [6, 6.07) is 12.5. The highest BCUT2D eigenvalue weighted by molar-refractivity contribution is 6.30. The lowest BCUT2D eigenvalue weighted by Gasteiger charge is -2.16. The van der Waals surface area contributed by atoms with Crippen LogP contribution in [0, 0.1) is 6.92 Å². The minimum atomic E-state index is -0.663. The molecule has 0 saturated heterocycles. The molecule has 116 valence electrons. The molecule has 0 aromatic heterocycles. The number of carbonyl (C=O) groups excluding carboxylic acids is 1. The Morgan fingerprint density at radius 1 is 1.23 bits per heavy atom. The fraction of sp³-hybridized carbons (Fsp3) is 0.235. The zero-order valence-electron chi connectivity index (χ0n) is 12.7. The second-order valence-electron chi connectivity index (χ2n) is 4.91. The van der Waals surface area contributed by atoms with E-state index in [4.69, 9.17) is 21.1 Å². The molecule has 0 heterocycles. The van der Waals surface area contributed by atoms with E-state index >= 15 is 0 Å². The van der Waals surface area contributed by atoms with Crippen LogP contribution in [-0.4, -0.2) is 19.1 Å². The van der Waals surface area contributed by atoms with E-state index in [1.54, 1.807) is 38.3 Å². The predicted octanol–water partition coefficient (Wildman–Crippen LogP) is 4.06. The highest BCUT2D eigenvalue weighted by Gasteiger charge is 2.17. The summed E-state index contributed by atoms with van der Waals surface area (Å²) in [4.78, 5) is 12.3. The molecule has 2 aromatic carbocycles. The number of benzene rings is 2. The van der Waals surface area contributed by atoms with Crippen LogP contribution in [-0.2, 0) is 4.79 Å². The van der Waals surface area contributed by atoms with Crippen LogP contribution in [0.3, 0.4) is 0 Å². The largest absolute Gasteiger partial charge is 0.495 e. The summed E-state index contributed by atoms with van der Waals surface area (Å²) >= 11 is 5.90. The van der Waals surface area contributed by atoms with E-state index in [0.717, 1.165) is 5.56 Å². The van der Waals surface area contributed by atoms with Crippen molar-refractivity contribution in [2.24, 2.45) is 0 Å². The van der Waals surface area contributed by atoms with E-state index in [2.05, 4.69) is 5.32 Å². The van der Waals surface area contributed by atoms with Gasteiger partial charge in [0, 0.05) is 5.02 Å². The molecule has 0 radical (unpaired) electrons. The van der Waals surface area contributed by atoms with Crippen molar-refractivity contribution in [3.8, 4) is 11.5 Å².